The van der Waals surface area contributed by atoms with Gasteiger partial charge in [0.15, 0.2) is 5.60 Å². The summed E-state index contributed by atoms with van der Waals surface area (Å²) in [6.45, 7) is 2.74. The lowest BCUT2D eigenvalue weighted by molar-refractivity contribution is -0.260. The van der Waals surface area contributed by atoms with Crippen LogP contribution in [0.1, 0.15) is 37.1 Å². The molecule has 3 N–H and O–H groups in total. The van der Waals surface area contributed by atoms with E-state index in [-0.39, 0.29) is 6.61 Å². The Labute approximate surface area is 200 Å². The third kappa shape index (κ3) is 4.67. The van der Waals surface area contributed by atoms with E-state index in [1.54, 1.807) is 56.3 Å². The SMILES string of the molecule is CC(C)(CC(O)(CNc1cccc2nc(CO)ccc12)C(F)(F)F)c1cc(Cl)cc2c1OCC2. The molecule has 0 fully saturated rings. The van der Waals surface area contributed by atoms with Gasteiger partial charge in [-0.15, -0.1) is 0 Å². The number of nitrogens with one attached hydrogen (secondary N) is 1. The van der Waals surface area contributed by atoms with Crippen molar-refractivity contribution in [3.05, 3.63) is 64.3 Å². The summed E-state index contributed by atoms with van der Waals surface area (Å²) in [6.07, 6.45) is -4.87. The molecule has 0 saturated carbocycles. The zero-order chi connectivity index (χ0) is 24.7. The van der Waals surface area contributed by atoms with Gasteiger partial charge in [0.25, 0.3) is 0 Å². The lowest BCUT2D eigenvalue weighted by atomic mass is 9.74. The number of fused-ring (bicyclic) bond motifs is 2. The monoisotopic (exact) mass is 494 g/mol. The van der Waals surface area contributed by atoms with Gasteiger partial charge in [-0.25, -0.2) is 0 Å². The van der Waals surface area contributed by atoms with E-state index in [4.69, 9.17) is 16.3 Å². The van der Waals surface area contributed by atoms with E-state index < -0.39 is 30.2 Å². The number of hydrogen-bond acceptors (Lipinski definition) is 5. The summed E-state index contributed by atoms with van der Waals surface area (Å²) >= 11 is 6.24. The molecule has 5 nitrogen and oxygen atoms in total. The second-order valence-electron chi connectivity index (χ2n) is 9.32. The van der Waals surface area contributed by atoms with E-state index in [0.29, 0.717) is 51.6 Å². The van der Waals surface area contributed by atoms with Crippen LogP contribution in [-0.4, -0.2) is 40.1 Å². The molecule has 0 spiro atoms. The van der Waals surface area contributed by atoms with Gasteiger partial charge in [0.05, 0.1) is 31.0 Å². The van der Waals surface area contributed by atoms with Crippen molar-refractivity contribution >= 4 is 28.2 Å². The number of benzene rings is 2. The number of alkyl halides is 3. The fourth-order valence-electron chi connectivity index (χ4n) is 4.54. The minimum Gasteiger partial charge on any atom is -0.493 e. The maximum atomic E-state index is 14.2. The van der Waals surface area contributed by atoms with Gasteiger partial charge in [0.1, 0.15) is 5.75 Å². The van der Waals surface area contributed by atoms with Gasteiger partial charge >= 0.3 is 6.18 Å². The van der Waals surface area contributed by atoms with Gasteiger partial charge in [-0.3, -0.25) is 4.98 Å². The van der Waals surface area contributed by atoms with Crippen LogP contribution in [-0.2, 0) is 18.4 Å². The zero-order valence-corrected chi connectivity index (χ0v) is 19.6. The lowest BCUT2D eigenvalue weighted by Gasteiger charge is -2.38. The maximum Gasteiger partial charge on any atom is 0.418 e. The fraction of sp³-hybridized carbons (Fsp3) is 0.400. The summed E-state index contributed by atoms with van der Waals surface area (Å²) in [7, 11) is 0. The number of aliphatic hydroxyl groups excluding tert-OH is 1. The number of aromatic nitrogens is 1. The summed E-state index contributed by atoms with van der Waals surface area (Å²) in [5, 5.41) is 24.0. The number of nitrogens with zero attached hydrogens (tertiary/aromatic N) is 1. The van der Waals surface area contributed by atoms with Crippen molar-refractivity contribution < 1.29 is 28.1 Å². The molecule has 4 rings (SSSR count). The minimum absolute atomic E-state index is 0.243. The van der Waals surface area contributed by atoms with Gasteiger partial charge in [-0.1, -0.05) is 31.5 Å². The van der Waals surface area contributed by atoms with Crippen molar-refractivity contribution in [2.75, 3.05) is 18.5 Å². The van der Waals surface area contributed by atoms with Crippen LogP contribution in [0.4, 0.5) is 18.9 Å². The highest BCUT2D eigenvalue weighted by atomic mass is 35.5. The Morgan fingerprint density at radius 1 is 1.15 bits per heavy atom. The number of pyridine rings is 1. The molecule has 1 atom stereocenters. The summed E-state index contributed by atoms with van der Waals surface area (Å²) in [5.74, 6) is 0.548. The Morgan fingerprint density at radius 2 is 1.91 bits per heavy atom. The quantitative estimate of drug-likeness (QED) is 0.411. The average Bonchev–Trinajstić information content (AvgIpc) is 3.23. The van der Waals surface area contributed by atoms with Gasteiger partial charge in [0.2, 0.25) is 0 Å². The molecule has 1 aromatic heterocycles. The number of halogens is 4. The predicted octanol–water partition coefficient (Wildman–Crippen LogP) is 5.39. The topological polar surface area (TPSA) is 74.6 Å². The standard InChI is InChI=1S/C25H26ClF3N2O3/c1-23(2,19-11-16(26)10-15-8-9-34-22(15)19)13-24(33,25(27,28)29)14-30-20-4-3-5-21-18(20)7-6-17(12-32)31-21/h3-7,10-11,30,32-33H,8-9,12-14H2,1-2H3. The van der Waals surface area contributed by atoms with Crippen LogP contribution in [0.25, 0.3) is 10.9 Å². The van der Waals surface area contributed by atoms with Gasteiger partial charge < -0.3 is 20.3 Å². The molecule has 3 aromatic rings. The first kappa shape index (κ1) is 24.6. The molecular formula is C25H26ClF3N2O3. The summed E-state index contributed by atoms with van der Waals surface area (Å²) in [5.41, 5.74) is -1.35. The predicted molar refractivity (Wildman–Crippen MR) is 125 cm³/mol. The Bertz CT molecular complexity index is 1220. The maximum absolute atomic E-state index is 14.2. The highest BCUT2D eigenvalue weighted by Crippen LogP contribution is 2.46. The van der Waals surface area contributed by atoms with Crippen LogP contribution in [0, 0.1) is 0 Å². The number of aliphatic hydroxyl groups is 2. The van der Waals surface area contributed by atoms with Crippen molar-refractivity contribution in [2.24, 2.45) is 0 Å². The van der Waals surface area contributed by atoms with Crippen LogP contribution < -0.4 is 10.1 Å². The van der Waals surface area contributed by atoms with E-state index in [9.17, 15) is 23.4 Å². The molecule has 9 heteroatoms. The Hall–Kier alpha value is -2.55. The molecule has 0 saturated heterocycles. The van der Waals surface area contributed by atoms with Crippen molar-refractivity contribution in [2.45, 2.75) is 50.5 Å². The van der Waals surface area contributed by atoms with E-state index in [2.05, 4.69) is 10.3 Å². The van der Waals surface area contributed by atoms with Gasteiger partial charge in [-0.05, 0) is 53.8 Å². The molecule has 1 aliphatic heterocycles. The molecule has 2 aromatic carbocycles. The summed E-state index contributed by atoms with van der Waals surface area (Å²) < 4.78 is 48.4. The molecule has 1 unspecified atom stereocenters. The van der Waals surface area contributed by atoms with Crippen molar-refractivity contribution in [1.29, 1.82) is 0 Å². The molecule has 34 heavy (non-hydrogen) atoms. The van der Waals surface area contributed by atoms with Crippen LogP contribution in [0.2, 0.25) is 5.02 Å². The third-order valence-electron chi connectivity index (χ3n) is 6.26. The molecule has 1 aliphatic rings. The largest absolute Gasteiger partial charge is 0.493 e. The zero-order valence-electron chi connectivity index (χ0n) is 18.8. The molecule has 2 heterocycles. The van der Waals surface area contributed by atoms with Crippen molar-refractivity contribution in [3.8, 4) is 5.75 Å². The Balaban J connectivity index is 1.64. The number of ether oxygens (including phenoxy) is 1. The summed E-state index contributed by atoms with van der Waals surface area (Å²) in [6, 6.07) is 11.7. The van der Waals surface area contributed by atoms with Crippen LogP contribution >= 0.6 is 11.6 Å². The van der Waals surface area contributed by atoms with Gasteiger partial charge in [-0.2, -0.15) is 13.2 Å². The second-order valence-corrected chi connectivity index (χ2v) is 9.75. The average molecular weight is 495 g/mol. The minimum atomic E-state index is -4.90. The fourth-order valence-corrected chi connectivity index (χ4v) is 4.78. The first-order valence-electron chi connectivity index (χ1n) is 10.9. The highest BCUT2D eigenvalue weighted by Gasteiger charge is 2.56. The van der Waals surface area contributed by atoms with E-state index >= 15 is 0 Å². The van der Waals surface area contributed by atoms with Crippen LogP contribution in [0.3, 0.4) is 0 Å². The summed E-state index contributed by atoms with van der Waals surface area (Å²) in [4.78, 5) is 4.29. The van der Waals surface area contributed by atoms with Gasteiger partial charge in [0, 0.05) is 28.1 Å². The molecule has 0 amide bonds. The molecular weight excluding hydrogens is 469 g/mol. The van der Waals surface area contributed by atoms with Crippen LogP contribution in [0.15, 0.2) is 42.5 Å². The number of hydrogen-bond donors (Lipinski definition) is 3. The smallest absolute Gasteiger partial charge is 0.418 e. The van der Waals surface area contributed by atoms with E-state index in [1.807, 2.05) is 0 Å². The molecule has 182 valence electrons. The first-order chi connectivity index (χ1) is 15.9. The van der Waals surface area contributed by atoms with Crippen LogP contribution in [0.5, 0.6) is 5.75 Å². The third-order valence-corrected chi connectivity index (χ3v) is 6.48. The van der Waals surface area contributed by atoms with Crippen molar-refractivity contribution in [1.82, 2.24) is 4.98 Å². The van der Waals surface area contributed by atoms with E-state index in [1.165, 1.54) is 0 Å². The molecule has 0 radical (unpaired) electrons. The highest BCUT2D eigenvalue weighted by molar-refractivity contribution is 6.30. The Morgan fingerprint density at radius 3 is 2.62 bits per heavy atom. The lowest BCUT2D eigenvalue weighted by Crippen LogP contribution is -2.53. The Kier molecular flexibility index (Phi) is 6.44. The molecule has 0 aliphatic carbocycles. The first-order valence-corrected chi connectivity index (χ1v) is 11.3. The second kappa shape index (κ2) is 8.91. The van der Waals surface area contributed by atoms with E-state index in [0.717, 1.165) is 5.56 Å². The normalized spacial score (nSPS) is 15.6. The molecule has 0 bridgehead atoms. The van der Waals surface area contributed by atoms with Crippen molar-refractivity contribution in [3.63, 3.8) is 0 Å². The number of rotatable bonds is 7. The number of anilines is 1.